The maximum Gasteiger partial charge on any atom is 0.257 e. The highest BCUT2D eigenvalue weighted by atomic mass is 32.1. The molecule has 33 heavy (non-hydrogen) atoms. The number of aromatic nitrogens is 2. The maximum absolute atomic E-state index is 12.7. The predicted octanol–water partition coefficient (Wildman–Crippen LogP) is 5.66. The van der Waals surface area contributed by atoms with Gasteiger partial charge in [0.1, 0.15) is 11.6 Å². The zero-order valence-corrected chi connectivity index (χ0v) is 19.8. The van der Waals surface area contributed by atoms with Crippen molar-refractivity contribution in [2.24, 2.45) is 0 Å². The van der Waals surface area contributed by atoms with Gasteiger partial charge in [0.05, 0.1) is 23.8 Å². The Balaban J connectivity index is 1.51. The summed E-state index contributed by atoms with van der Waals surface area (Å²) in [7, 11) is 1.58. The number of benzene rings is 3. The quantitative estimate of drug-likeness (QED) is 0.344. The summed E-state index contributed by atoms with van der Waals surface area (Å²) in [5.74, 6) is 1.05. The molecule has 1 aromatic heterocycles. The molecule has 0 atom stereocenters. The van der Waals surface area contributed by atoms with Crippen LogP contribution in [0.15, 0.2) is 66.7 Å². The number of methoxy groups -OCH3 is 1. The SMILES string of the molecule is COc1ccc(-c2nc3ccccc3[nH]2)cc1NC(=S)NC(=O)c1ccc(C(C)(C)C)cc1. The molecule has 0 aliphatic rings. The van der Waals surface area contributed by atoms with Crippen molar-refractivity contribution in [3.63, 3.8) is 0 Å². The molecule has 4 rings (SSSR count). The molecule has 7 heteroatoms. The standard InChI is InChI=1S/C26H26N4O2S/c1-26(2,3)18-12-9-16(10-13-18)24(31)30-25(33)29-21-15-17(11-14-22(21)32-4)23-27-19-7-5-6-8-20(19)28-23/h5-15H,1-4H3,(H,27,28)(H2,29,30,31,33). The average Bonchev–Trinajstić information content (AvgIpc) is 3.23. The summed E-state index contributed by atoms with van der Waals surface area (Å²) in [4.78, 5) is 20.6. The minimum absolute atomic E-state index is 0.0211. The second-order valence-electron chi connectivity index (χ2n) is 8.75. The largest absolute Gasteiger partial charge is 0.495 e. The molecule has 3 aromatic carbocycles. The van der Waals surface area contributed by atoms with Crippen molar-refractivity contribution in [1.29, 1.82) is 0 Å². The fraction of sp³-hybridized carbons (Fsp3) is 0.192. The molecule has 1 amide bonds. The van der Waals surface area contributed by atoms with Crippen molar-refractivity contribution >= 4 is 40.0 Å². The molecule has 4 aromatic rings. The number of aromatic amines is 1. The van der Waals surface area contributed by atoms with Crippen LogP contribution in [0, 0.1) is 0 Å². The molecule has 0 spiro atoms. The lowest BCUT2D eigenvalue weighted by molar-refractivity contribution is 0.0977. The fourth-order valence-electron chi connectivity index (χ4n) is 3.49. The van der Waals surface area contributed by atoms with E-state index in [1.165, 1.54) is 0 Å². The Morgan fingerprint density at radius 1 is 1.03 bits per heavy atom. The van der Waals surface area contributed by atoms with Crippen LogP contribution in [-0.2, 0) is 5.41 Å². The molecule has 168 valence electrons. The molecule has 3 N–H and O–H groups in total. The number of ether oxygens (including phenoxy) is 1. The Morgan fingerprint density at radius 2 is 1.76 bits per heavy atom. The molecule has 0 saturated carbocycles. The van der Waals surface area contributed by atoms with Gasteiger partial charge in [-0.2, -0.15) is 0 Å². The fourth-order valence-corrected chi connectivity index (χ4v) is 3.70. The molecule has 0 aliphatic carbocycles. The van der Waals surface area contributed by atoms with Gasteiger partial charge < -0.3 is 15.0 Å². The zero-order valence-electron chi connectivity index (χ0n) is 19.0. The van der Waals surface area contributed by atoms with Crippen molar-refractivity contribution in [3.05, 3.63) is 77.9 Å². The summed E-state index contributed by atoms with van der Waals surface area (Å²) in [6.45, 7) is 6.40. The third-order valence-corrected chi connectivity index (χ3v) is 5.55. The normalized spacial score (nSPS) is 11.3. The second-order valence-corrected chi connectivity index (χ2v) is 9.16. The molecule has 0 fully saturated rings. The van der Waals surface area contributed by atoms with Crippen LogP contribution >= 0.6 is 12.2 Å². The van der Waals surface area contributed by atoms with E-state index in [-0.39, 0.29) is 16.4 Å². The number of H-pyrrole nitrogens is 1. The van der Waals surface area contributed by atoms with Gasteiger partial charge in [0, 0.05) is 11.1 Å². The molecule has 6 nitrogen and oxygen atoms in total. The van der Waals surface area contributed by atoms with Gasteiger partial charge in [-0.3, -0.25) is 10.1 Å². The molecule has 0 saturated heterocycles. The number of carbonyl (C=O) groups is 1. The molecular formula is C26H26N4O2S. The van der Waals surface area contributed by atoms with E-state index in [0.29, 0.717) is 17.0 Å². The van der Waals surface area contributed by atoms with Crippen molar-refractivity contribution in [1.82, 2.24) is 15.3 Å². The summed E-state index contributed by atoms with van der Waals surface area (Å²) in [6, 6.07) is 21.0. The van der Waals surface area contributed by atoms with E-state index in [1.807, 2.05) is 54.6 Å². The summed E-state index contributed by atoms with van der Waals surface area (Å²) < 4.78 is 5.47. The first-order valence-corrected chi connectivity index (χ1v) is 11.0. The lowest BCUT2D eigenvalue weighted by Gasteiger charge is -2.19. The van der Waals surface area contributed by atoms with Gasteiger partial charge in [0.15, 0.2) is 5.11 Å². The molecule has 0 aliphatic heterocycles. The minimum Gasteiger partial charge on any atom is -0.495 e. The Morgan fingerprint density at radius 3 is 2.42 bits per heavy atom. The van der Waals surface area contributed by atoms with E-state index in [9.17, 15) is 4.79 Å². The number of imidazole rings is 1. The predicted molar refractivity (Wildman–Crippen MR) is 137 cm³/mol. The van der Waals surface area contributed by atoms with E-state index in [2.05, 4.69) is 41.4 Å². The summed E-state index contributed by atoms with van der Waals surface area (Å²) in [5.41, 5.74) is 5.05. The van der Waals surface area contributed by atoms with Crippen LogP contribution in [0.1, 0.15) is 36.7 Å². The van der Waals surface area contributed by atoms with E-state index in [4.69, 9.17) is 17.0 Å². The number of nitrogens with zero attached hydrogens (tertiary/aromatic N) is 1. The first-order valence-electron chi connectivity index (χ1n) is 10.6. The van der Waals surface area contributed by atoms with Crippen molar-refractivity contribution < 1.29 is 9.53 Å². The molecule has 1 heterocycles. The minimum atomic E-state index is -0.277. The van der Waals surface area contributed by atoms with E-state index < -0.39 is 0 Å². The van der Waals surface area contributed by atoms with E-state index in [0.717, 1.165) is 28.0 Å². The topological polar surface area (TPSA) is 79.0 Å². The number of fused-ring (bicyclic) bond motifs is 1. The van der Waals surface area contributed by atoms with Crippen molar-refractivity contribution in [3.8, 4) is 17.1 Å². The Bertz CT molecular complexity index is 1290. The van der Waals surface area contributed by atoms with E-state index >= 15 is 0 Å². The van der Waals surface area contributed by atoms with Crippen LogP contribution in [0.3, 0.4) is 0 Å². The second kappa shape index (κ2) is 9.03. The third kappa shape index (κ3) is 5.04. The highest BCUT2D eigenvalue weighted by Crippen LogP contribution is 2.30. The van der Waals surface area contributed by atoms with Gasteiger partial charge in [-0.05, 0) is 65.7 Å². The van der Waals surface area contributed by atoms with Crippen molar-refractivity contribution in [2.45, 2.75) is 26.2 Å². The summed E-state index contributed by atoms with van der Waals surface area (Å²) >= 11 is 5.40. The van der Waals surface area contributed by atoms with E-state index in [1.54, 1.807) is 19.2 Å². The number of carbonyl (C=O) groups excluding carboxylic acids is 1. The number of hydrogen-bond acceptors (Lipinski definition) is 4. The first-order chi connectivity index (χ1) is 15.7. The number of nitrogens with one attached hydrogen (secondary N) is 3. The molecule has 0 unspecified atom stereocenters. The lowest BCUT2D eigenvalue weighted by atomic mass is 9.87. The van der Waals surface area contributed by atoms with Crippen molar-refractivity contribution in [2.75, 3.05) is 12.4 Å². The Kier molecular flexibility index (Phi) is 6.16. The Labute approximate surface area is 198 Å². The van der Waals surface area contributed by atoms with Gasteiger partial charge in [0.2, 0.25) is 0 Å². The van der Waals surface area contributed by atoms with Gasteiger partial charge >= 0.3 is 0 Å². The first kappa shape index (κ1) is 22.5. The molecule has 0 bridgehead atoms. The molecular weight excluding hydrogens is 432 g/mol. The third-order valence-electron chi connectivity index (χ3n) is 5.35. The maximum atomic E-state index is 12.7. The van der Waals surface area contributed by atoms with Gasteiger partial charge in [-0.1, -0.05) is 45.0 Å². The summed E-state index contributed by atoms with van der Waals surface area (Å²) in [5, 5.41) is 5.99. The number of para-hydroxylation sites is 2. The van der Waals surface area contributed by atoms with Crippen LogP contribution in [-0.4, -0.2) is 28.1 Å². The number of rotatable bonds is 4. The van der Waals surface area contributed by atoms with Gasteiger partial charge in [-0.15, -0.1) is 0 Å². The monoisotopic (exact) mass is 458 g/mol. The van der Waals surface area contributed by atoms with Gasteiger partial charge in [0.25, 0.3) is 5.91 Å². The highest BCUT2D eigenvalue weighted by molar-refractivity contribution is 7.80. The van der Waals surface area contributed by atoms with Crippen LogP contribution < -0.4 is 15.4 Å². The van der Waals surface area contributed by atoms with Crippen LogP contribution in [0.2, 0.25) is 0 Å². The van der Waals surface area contributed by atoms with Crippen LogP contribution in [0.25, 0.3) is 22.4 Å². The number of thiocarbonyl (C=S) groups is 1. The highest BCUT2D eigenvalue weighted by Gasteiger charge is 2.16. The van der Waals surface area contributed by atoms with Gasteiger partial charge in [-0.25, -0.2) is 4.98 Å². The number of amides is 1. The average molecular weight is 459 g/mol. The molecule has 0 radical (unpaired) electrons. The Hall–Kier alpha value is -3.71. The smallest absolute Gasteiger partial charge is 0.257 e. The van der Waals surface area contributed by atoms with Crippen LogP contribution in [0.4, 0.5) is 5.69 Å². The zero-order chi connectivity index (χ0) is 23.6. The van der Waals surface area contributed by atoms with Crippen LogP contribution in [0.5, 0.6) is 5.75 Å². The summed E-state index contributed by atoms with van der Waals surface area (Å²) in [6.07, 6.45) is 0. The number of hydrogen-bond donors (Lipinski definition) is 3. The lowest BCUT2D eigenvalue weighted by Crippen LogP contribution is -2.34. The number of anilines is 1.